The largest absolute Gasteiger partial charge is 0.450 e. The maximum absolute atomic E-state index is 11.8. The van der Waals surface area contributed by atoms with Crippen LogP contribution in [-0.2, 0) is 9.53 Å². The number of rotatable bonds is 5. The molecule has 0 saturated heterocycles. The molecule has 1 rings (SSSR count). The van der Waals surface area contributed by atoms with E-state index >= 15 is 0 Å². The molecular formula is C9H7F3N2O6. The fourth-order valence-electron chi connectivity index (χ4n) is 0.988. The molecule has 0 unspecified atom stereocenters. The van der Waals surface area contributed by atoms with Crippen molar-refractivity contribution in [3.8, 4) is 0 Å². The summed E-state index contributed by atoms with van der Waals surface area (Å²) in [6.07, 6.45) is -4.58. The molecule has 8 nitrogen and oxygen atoms in total. The number of carbonyl (C=O) groups excluding carboxylic acids is 2. The molecule has 20 heavy (non-hydrogen) atoms. The topological polar surface area (TPSA) is 112 Å². The fourth-order valence-corrected chi connectivity index (χ4v) is 0.988. The molecule has 0 bridgehead atoms. The third-order valence-electron chi connectivity index (χ3n) is 1.79. The van der Waals surface area contributed by atoms with Gasteiger partial charge in [0.2, 0.25) is 5.76 Å². The van der Waals surface area contributed by atoms with E-state index in [4.69, 9.17) is 0 Å². The van der Waals surface area contributed by atoms with Gasteiger partial charge >= 0.3 is 18.0 Å². The highest BCUT2D eigenvalue weighted by Gasteiger charge is 2.28. The summed E-state index contributed by atoms with van der Waals surface area (Å²) in [5.41, 5.74) is 0. The maximum Gasteiger partial charge on any atom is 0.433 e. The average molecular weight is 296 g/mol. The molecule has 0 saturated carbocycles. The summed E-state index contributed by atoms with van der Waals surface area (Å²) >= 11 is 0. The van der Waals surface area contributed by atoms with Crippen LogP contribution >= 0.6 is 0 Å². The van der Waals surface area contributed by atoms with E-state index in [1.165, 1.54) is 5.32 Å². The molecule has 0 aliphatic carbocycles. The van der Waals surface area contributed by atoms with Crippen molar-refractivity contribution in [3.05, 3.63) is 28.0 Å². The van der Waals surface area contributed by atoms with Gasteiger partial charge < -0.3 is 14.5 Å². The zero-order valence-electron chi connectivity index (χ0n) is 9.60. The molecule has 11 heteroatoms. The molecule has 1 amide bonds. The monoisotopic (exact) mass is 296 g/mol. The van der Waals surface area contributed by atoms with Crippen molar-refractivity contribution >= 4 is 17.8 Å². The second kappa shape index (κ2) is 6.04. The van der Waals surface area contributed by atoms with E-state index in [0.717, 1.165) is 12.1 Å². The van der Waals surface area contributed by atoms with Gasteiger partial charge in [-0.15, -0.1) is 0 Å². The number of nitrogens with one attached hydrogen (secondary N) is 1. The summed E-state index contributed by atoms with van der Waals surface area (Å²) in [4.78, 5) is 31.5. The summed E-state index contributed by atoms with van der Waals surface area (Å²) < 4.78 is 44.1. The Morgan fingerprint density at radius 1 is 1.40 bits per heavy atom. The molecule has 1 aromatic heterocycles. The number of amides is 1. The number of ether oxygens (including phenoxy) is 1. The summed E-state index contributed by atoms with van der Waals surface area (Å²) in [5, 5.41) is 11.7. The van der Waals surface area contributed by atoms with E-state index in [1.807, 2.05) is 0 Å². The van der Waals surface area contributed by atoms with Crippen LogP contribution in [0.15, 0.2) is 16.5 Å². The molecule has 0 radical (unpaired) electrons. The van der Waals surface area contributed by atoms with Crippen molar-refractivity contribution < 1.29 is 36.8 Å². The first kappa shape index (κ1) is 15.5. The van der Waals surface area contributed by atoms with Crippen LogP contribution < -0.4 is 5.32 Å². The Morgan fingerprint density at radius 3 is 2.55 bits per heavy atom. The van der Waals surface area contributed by atoms with Crippen LogP contribution in [0.2, 0.25) is 0 Å². The van der Waals surface area contributed by atoms with Crippen LogP contribution in [0.5, 0.6) is 0 Å². The highest BCUT2D eigenvalue weighted by Crippen LogP contribution is 2.16. The molecular weight excluding hydrogens is 289 g/mol. The van der Waals surface area contributed by atoms with Crippen LogP contribution in [0.25, 0.3) is 0 Å². The minimum Gasteiger partial charge on any atom is -0.450 e. The molecule has 0 fully saturated rings. The lowest BCUT2D eigenvalue weighted by molar-refractivity contribution is -0.402. The van der Waals surface area contributed by atoms with E-state index < -0.39 is 47.8 Å². The highest BCUT2D eigenvalue weighted by molar-refractivity contribution is 5.89. The fraction of sp³-hybridized carbons (Fsp3) is 0.333. The van der Waals surface area contributed by atoms with E-state index in [0.29, 0.717) is 0 Å². The number of nitrogens with zero attached hydrogens (tertiary/aromatic N) is 1. The first-order valence-corrected chi connectivity index (χ1v) is 4.94. The van der Waals surface area contributed by atoms with Crippen LogP contribution in [-0.4, -0.2) is 36.1 Å². The Kier molecular flexibility index (Phi) is 4.67. The van der Waals surface area contributed by atoms with Crippen LogP contribution in [0, 0.1) is 10.1 Å². The lowest BCUT2D eigenvalue weighted by Crippen LogP contribution is -2.36. The van der Waals surface area contributed by atoms with Gasteiger partial charge in [0.15, 0.2) is 6.61 Å². The van der Waals surface area contributed by atoms with Crippen LogP contribution in [0.4, 0.5) is 19.1 Å². The Labute approximate surface area is 108 Å². The number of halogens is 3. The van der Waals surface area contributed by atoms with Gasteiger partial charge in [0.25, 0.3) is 5.91 Å². The number of hydrogen-bond donors (Lipinski definition) is 1. The lowest BCUT2D eigenvalue weighted by atomic mass is 10.4. The van der Waals surface area contributed by atoms with Crippen molar-refractivity contribution in [2.24, 2.45) is 0 Å². The molecule has 0 aromatic carbocycles. The molecule has 0 aliphatic heterocycles. The number of hydrogen-bond acceptors (Lipinski definition) is 6. The van der Waals surface area contributed by atoms with Gasteiger partial charge in [0.1, 0.15) is 11.5 Å². The number of alkyl halides is 3. The van der Waals surface area contributed by atoms with Crippen molar-refractivity contribution in [1.29, 1.82) is 0 Å². The van der Waals surface area contributed by atoms with Crippen molar-refractivity contribution in [3.63, 3.8) is 0 Å². The van der Waals surface area contributed by atoms with E-state index in [2.05, 4.69) is 9.15 Å². The molecule has 110 valence electrons. The first-order valence-electron chi connectivity index (χ1n) is 4.94. The van der Waals surface area contributed by atoms with Crippen LogP contribution in [0.3, 0.4) is 0 Å². The zero-order valence-corrected chi connectivity index (χ0v) is 9.60. The third-order valence-corrected chi connectivity index (χ3v) is 1.79. The maximum atomic E-state index is 11.8. The summed E-state index contributed by atoms with van der Waals surface area (Å²) in [6, 6.07) is 1.83. The van der Waals surface area contributed by atoms with E-state index in [-0.39, 0.29) is 0 Å². The van der Waals surface area contributed by atoms with Gasteiger partial charge in [-0.3, -0.25) is 14.9 Å². The minimum atomic E-state index is -4.58. The quantitative estimate of drug-likeness (QED) is 0.493. The second-order valence-corrected chi connectivity index (χ2v) is 3.36. The van der Waals surface area contributed by atoms with Crippen LogP contribution in [0.1, 0.15) is 10.6 Å². The SMILES string of the molecule is O=C(COC(=O)c1ccc([N+](=O)[O-])o1)NCC(F)(F)F. The number of furan rings is 1. The standard InChI is InChI=1S/C9H7F3N2O6/c10-9(11,12)4-13-6(15)3-19-8(16)5-1-2-7(20-5)14(17)18/h1-2H,3-4H2,(H,13,15). The van der Waals surface area contributed by atoms with Gasteiger partial charge in [0.05, 0.1) is 6.07 Å². The smallest absolute Gasteiger partial charge is 0.433 e. The predicted octanol–water partition coefficient (Wildman–Crippen LogP) is 1.02. The summed E-state index contributed by atoms with van der Waals surface area (Å²) in [7, 11) is 0. The Bertz CT molecular complexity index is 524. The highest BCUT2D eigenvalue weighted by atomic mass is 19.4. The molecule has 1 N–H and O–H groups in total. The summed E-state index contributed by atoms with van der Waals surface area (Å²) in [5.74, 6) is -3.63. The van der Waals surface area contributed by atoms with Gasteiger partial charge in [-0.05, 0) is 6.07 Å². The van der Waals surface area contributed by atoms with Gasteiger partial charge in [-0.2, -0.15) is 13.2 Å². The van der Waals surface area contributed by atoms with Gasteiger partial charge in [-0.25, -0.2) is 4.79 Å². The molecule has 1 aromatic rings. The Hall–Kier alpha value is -2.59. The zero-order chi connectivity index (χ0) is 15.3. The lowest BCUT2D eigenvalue weighted by Gasteiger charge is -2.08. The predicted molar refractivity (Wildman–Crippen MR) is 54.7 cm³/mol. The normalized spacial score (nSPS) is 10.9. The second-order valence-electron chi connectivity index (χ2n) is 3.36. The Morgan fingerprint density at radius 2 is 2.05 bits per heavy atom. The van der Waals surface area contributed by atoms with Crippen molar-refractivity contribution in [1.82, 2.24) is 5.32 Å². The minimum absolute atomic E-state index is 0.541. The van der Waals surface area contributed by atoms with Crippen molar-refractivity contribution in [2.45, 2.75) is 6.18 Å². The summed E-state index contributed by atoms with van der Waals surface area (Å²) in [6.45, 7) is -2.53. The van der Waals surface area contributed by atoms with E-state index in [1.54, 1.807) is 0 Å². The molecule has 0 aliphatic rings. The van der Waals surface area contributed by atoms with Gasteiger partial charge in [0, 0.05) is 0 Å². The molecule has 0 atom stereocenters. The number of esters is 1. The third kappa shape index (κ3) is 4.96. The van der Waals surface area contributed by atoms with E-state index in [9.17, 15) is 32.9 Å². The average Bonchev–Trinajstić information content (AvgIpc) is 2.82. The van der Waals surface area contributed by atoms with Gasteiger partial charge in [-0.1, -0.05) is 0 Å². The molecule has 0 spiro atoms. The number of carbonyl (C=O) groups is 2. The Balaban J connectivity index is 2.42. The molecule has 1 heterocycles. The van der Waals surface area contributed by atoms with Crippen molar-refractivity contribution in [2.75, 3.05) is 13.2 Å². The number of nitro groups is 1. The first-order chi connectivity index (χ1) is 9.19.